The lowest BCUT2D eigenvalue weighted by molar-refractivity contribution is -0.122. The second-order valence-corrected chi connectivity index (χ2v) is 12.3. The minimum Gasteiger partial charge on any atom is -0.616 e. The molecule has 2 heterocycles. The highest BCUT2D eigenvalue weighted by atomic mass is 32.2. The van der Waals surface area contributed by atoms with Gasteiger partial charge in [0.25, 0.3) is 6.43 Å². The van der Waals surface area contributed by atoms with E-state index < -0.39 is 33.4 Å². The molecule has 1 amide bonds. The SMILES string of the molecule is C[S+]([O-])C1(c2ccc(OCCN3CCC4(CC3)C(=O)Nc3ccc(C(F)F)cc34)cc2)CC(C)(O)C1. The number of rotatable bonds is 7. The molecule has 1 aliphatic carbocycles. The number of aliphatic hydroxyl groups is 1. The molecule has 1 unspecified atom stereocenters. The van der Waals surface area contributed by atoms with Crippen molar-refractivity contribution >= 4 is 22.8 Å². The van der Waals surface area contributed by atoms with Crippen LogP contribution in [0.1, 0.15) is 55.7 Å². The van der Waals surface area contributed by atoms with E-state index in [0.717, 1.165) is 11.3 Å². The number of amides is 1. The van der Waals surface area contributed by atoms with Crippen molar-refractivity contribution in [2.24, 2.45) is 0 Å². The number of carbonyl (C=O) groups excluding carboxylic acids is 1. The molecule has 194 valence electrons. The fourth-order valence-corrected chi connectivity index (χ4v) is 7.62. The first-order valence-electron chi connectivity index (χ1n) is 12.3. The number of hydrogen-bond acceptors (Lipinski definition) is 5. The van der Waals surface area contributed by atoms with E-state index in [9.17, 15) is 23.2 Å². The van der Waals surface area contributed by atoms with Gasteiger partial charge in [-0.2, -0.15) is 0 Å². The Morgan fingerprint density at radius 1 is 1.17 bits per heavy atom. The fraction of sp³-hybridized carbons (Fsp3) is 0.519. The van der Waals surface area contributed by atoms with Gasteiger partial charge < -0.3 is 19.7 Å². The summed E-state index contributed by atoms with van der Waals surface area (Å²) < 4.78 is 44.3. The largest absolute Gasteiger partial charge is 0.616 e. The molecule has 0 bridgehead atoms. The molecule has 0 radical (unpaired) electrons. The van der Waals surface area contributed by atoms with Crippen LogP contribution in [0.15, 0.2) is 42.5 Å². The number of nitrogens with one attached hydrogen (secondary N) is 1. The van der Waals surface area contributed by atoms with Crippen LogP contribution in [0.3, 0.4) is 0 Å². The van der Waals surface area contributed by atoms with Crippen LogP contribution in [-0.4, -0.2) is 58.6 Å². The number of benzene rings is 2. The van der Waals surface area contributed by atoms with Gasteiger partial charge in [0.15, 0.2) is 4.75 Å². The molecule has 5 rings (SSSR count). The third kappa shape index (κ3) is 4.40. The lowest BCUT2D eigenvalue weighted by atomic mass is 9.68. The Balaban J connectivity index is 1.15. The molecular weight excluding hydrogens is 486 g/mol. The summed E-state index contributed by atoms with van der Waals surface area (Å²) in [5, 5.41) is 13.1. The Morgan fingerprint density at radius 2 is 1.83 bits per heavy atom. The molecule has 2 aromatic rings. The van der Waals surface area contributed by atoms with Crippen molar-refractivity contribution < 1.29 is 28.0 Å². The predicted molar refractivity (Wildman–Crippen MR) is 135 cm³/mol. The topological polar surface area (TPSA) is 84.9 Å². The smallest absolute Gasteiger partial charge is 0.263 e. The van der Waals surface area contributed by atoms with Gasteiger partial charge in [0.2, 0.25) is 5.91 Å². The van der Waals surface area contributed by atoms with Crippen molar-refractivity contribution in [1.82, 2.24) is 4.90 Å². The minimum atomic E-state index is -2.56. The van der Waals surface area contributed by atoms with Crippen molar-refractivity contribution in [3.8, 4) is 5.75 Å². The number of halogens is 2. The number of nitrogens with zero attached hydrogens (tertiary/aromatic N) is 1. The first kappa shape index (κ1) is 25.4. The number of anilines is 1. The Labute approximate surface area is 213 Å². The summed E-state index contributed by atoms with van der Waals surface area (Å²) in [6.45, 7) is 4.30. The zero-order chi connectivity index (χ0) is 25.7. The van der Waals surface area contributed by atoms with Gasteiger partial charge in [0.05, 0.1) is 17.3 Å². The van der Waals surface area contributed by atoms with Crippen LogP contribution < -0.4 is 10.1 Å². The Hall–Kier alpha value is -2.20. The predicted octanol–water partition coefficient (Wildman–Crippen LogP) is 4.11. The van der Waals surface area contributed by atoms with E-state index in [0.29, 0.717) is 63.2 Å². The number of ether oxygens (including phenoxy) is 1. The van der Waals surface area contributed by atoms with E-state index in [1.165, 1.54) is 12.1 Å². The normalized spacial score (nSPS) is 28.0. The average Bonchev–Trinajstić information content (AvgIpc) is 3.09. The number of hydrogen-bond donors (Lipinski definition) is 2. The average molecular weight is 519 g/mol. The molecule has 1 spiro atoms. The summed E-state index contributed by atoms with van der Waals surface area (Å²) in [4.78, 5) is 15.1. The number of fused-ring (bicyclic) bond motifs is 2. The molecule has 1 atom stereocenters. The van der Waals surface area contributed by atoms with E-state index in [4.69, 9.17) is 4.74 Å². The summed E-state index contributed by atoms with van der Waals surface area (Å²) in [6.07, 6.45) is 1.24. The van der Waals surface area contributed by atoms with Gasteiger partial charge in [-0.05, 0) is 73.9 Å². The molecule has 6 nitrogen and oxygen atoms in total. The maximum atomic E-state index is 13.2. The summed E-state index contributed by atoms with van der Waals surface area (Å²) in [7, 11) is 0. The lowest BCUT2D eigenvalue weighted by Gasteiger charge is -2.50. The van der Waals surface area contributed by atoms with Crippen molar-refractivity contribution in [1.29, 1.82) is 0 Å². The van der Waals surface area contributed by atoms with Crippen LogP contribution in [0, 0.1) is 0 Å². The van der Waals surface area contributed by atoms with Crippen LogP contribution in [0.4, 0.5) is 14.5 Å². The van der Waals surface area contributed by atoms with Gasteiger partial charge in [-0.15, -0.1) is 0 Å². The van der Waals surface area contributed by atoms with Crippen molar-refractivity contribution in [3.63, 3.8) is 0 Å². The molecular formula is C27H32F2N2O4S. The number of likely N-dealkylation sites (tertiary alicyclic amines) is 1. The summed E-state index contributed by atoms with van der Waals surface area (Å²) in [5.74, 6) is 0.623. The molecule has 36 heavy (non-hydrogen) atoms. The maximum absolute atomic E-state index is 13.2. The molecule has 0 aromatic heterocycles. The van der Waals surface area contributed by atoms with E-state index in [-0.39, 0.29) is 11.5 Å². The third-order valence-corrected chi connectivity index (χ3v) is 9.77. The van der Waals surface area contributed by atoms with Gasteiger partial charge in [0.1, 0.15) is 12.4 Å². The highest BCUT2D eigenvalue weighted by Gasteiger charge is 2.59. The number of alkyl halides is 2. The summed E-state index contributed by atoms with van der Waals surface area (Å²) in [6, 6.07) is 12.1. The van der Waals surface area contributed by atoms with Gasteiger partial charge in [-0.3, -0.25) is 9.69 Å². The number of carbonyl (C=O) groups is 1. The van der Waals surface area contributed by atoms with E-state index in [2.05, 4.69) is 10.2 Å². The monoisotopic (exact) mass is 518 g/mol. The lowest BCUT2D eigenvalue weighted by Crippen LogP contribution is -2.56. The molecule has 1 saturated carbocycles. The summed E-state index contributed by atoms with van der Waals surface area (Å²) >= 11 is -1.09. The zero-order valence-electron chi connectivity index (χ0n) is 20.6. The van der Waals surface area contributed by atoms with Gasteiger partial charge in [0, 0.05) is 36.2 Å². The van der Waals surface area contributed by atoms with Crippen LogP contribution in [0.2, 0.25) is 0 Å². The van der Waals surface area contributed by atoms with E-state index in [1.54, 1.807) is 19.2 Å². The second kappa shape index (κ2) is 9.28. The fourth-order valence-electron chi connectivity index (χ4n) is 6.12. The molecule has 2 N–H and O–H groups in total. The maximum Gasteiger partial charge on any atom is 0.263 e. The zero-order valence-corrected chi connectivity index (χ0v) is 21.4. The van der Waals surface area contributed by atoms with Gasteiger partial charge >= 0.3 is 0 Å². The number of piperidine rings is 1. The van der Waals surface area contributed by atoms with Gasteiger partial charge in [-0.1, -0.05) is 18.2 Å². The van der Waals surface area contributed by atoms with Gasteiger partial charge in [-0.25, -0.2) is 8.78 Å². The third-order valence-electron chi connectivity index (χ3n) is 8.14. The second-order valence-electron chi connectivity index (χ2n) is 10.7. The first-order chi connectivity index (χ1) is 17.0. The van der Waals surface area contributed by atoms with Crippen molar-refractivity contribution in [3.05, 3.63) is 59.2 Å². The Kier molecular flexibility index (Phi) is 6.56. The standard InChI is InChI=1S/C27H32F2N2O4S/c1-25(33)16-27(17-25,36(2)34)19-4-6-20(7-5-19)35-14-13-31-11-9-26(10-12-31)21-15-18(23(28)29)3-8-22(21)30-24(26)32/h3-8,15,23,33H,9-14,16-17H2,1-2H3,(H,30,32). The highest BCUT2D eigenvalue weighted by molar-refractivity contribution is 7.91. The Bertz CT molecular complexity index is 1120. The van der Waals surface area contributed by atoms with Crippen molar-refractivity contribution in [2.45, 2.75) is 54.8 Å². The molecule has 2 fully saturated rings. The van der Waals surface area contributed by atoms with Crippen LogP contribution in [0.5, 0.6) is 5.75 Å². The van der Waals surface area contributed by atoms with Crippen LogP contribution >= 0.6 is 0 Å². The highest BCUT2D eigenvalue weighted by Crippen LogP contribution is 2.53. The first-order valence-corrected chi connectivity index (χ1v) is 13.9. The quantitative estimate of drug-likeness (QED) is 0.539. The Morgan fingerprint density at radius 3 is 2.42 bits per heavy atom. The molecule has 1 saturated heterocycles. The van der Waals surface area contributed by atoms with Crippen LogP contribution in [-0.2, 0) is 26.1 Å². The molecule has 3 aliphatic rings. The van der Waals surface area contributed by atoms with Crippen molar-refractivity contribution in [2.75, 3.05) is 37.8 Å². The molecule has 2 aliphatic heterocycles. The van der Waals surface area contributed by atoms with Crippen LogP contribution in [0.25, 0.3) is 0 Å². The van der Waals surface area contributed by atoms with E-state index in [1.807, 2.05) is 24.3 Å². The molecule has 9 heteroatoms. The molecule has 2 aromatic carbocycles. The van der Waals surface area contributed by atoms with E-state index >= 15 is 0 Å². The minimum absolute atomic E-state index is 0.0507. The summed E-state index contributed by atoms with van der Waals surface area (Å²) in [5.41, 5.74) is 0.720.